The lowest BCUT2D eigenvalue weighted by atomic mass is 10.00. The molecule has 1 aliphatic rings. The van der Waals surface area contributed by atoms with E-state index in [0.717, 1.165) is 25.7 Å². The van der Waals surface area contributed by atoms with Gasteiger partial charge in [0.1, 0.15) is 18.3 Å². The number of hydrogen-bond acceptors (Lipinski definition) is 9. The van der Waals surface area contributed by atoms with Crippen LogP contribution in [0, 0.1) is 0 Å². The predicted molar refractivity (Wildman–Crippen MR) is 88.2 cm³/mol. The van der Waals surface area contributed by atoms with E-state index in [9.17, 15) is 15.3 Å². The van der Waals surface area contributed by atoms with Gasteiger partial charge in [0.2, 0.25) is 0 Å². The van der Waals surface area contributed by atoms with Crippen LogP contribution in [0.4, 0.5) is 0 Å². The van der Waals surface area contributed by atoms with Crippen LogP contribution in [0.2, 0.25) is 0 Å². The Morgan fingerprint density at radius 3 is 2.40 bits per heavy atom. The first-order valence-electron chi connectivity index (χ1n) is 8.71. The molecule has 1 rings (SSSR count). The van der Waals surface area contributed by atoms with Crippen molar-refractivity contribution >= 4 is 0 Å². The van der Waals surface area contributed by atoms with Gasteiger partial charge in [-0.1, -0.05) is 12.8 Å². The molecule has 0 spiro atoms. The summed E-state index contributed by atoms with van der Waals surface area (Å²) in [6.07, 6.45) is -2.50. The van der Waals surface area contributed by atoms with Crippen LogP contribution in [0.25, 0.3) is 0 Å². The number of unbranched alkanes of at least 4 members (excludes halogenated alkanes) is 2. The maximum atomic E-state index is 10.2. The zero-order valence-electron chi connectivity index (χ0n) is 15.0. The van der Waals surface area contributed by atoms with Gasteiger partial charge in [-0.25, -0.2) is 0 Å². The van der Waals surface area contributed by atoms with E-state index in [1.165, 1.54) is 0 Å². The molecular formula is C16H33NO8. The molecule has 0 amide bonds. The predicted octanol–water partition coefficient (Wildman–Crippen LogP) is -1.22. The first-order valence-corrected chi connectivity index (χ1v) is 8.71. The third-order valence-corrected chi connectivity index (χ3v) is 4.21. The van der Waals surface area contributed by atoms with E-state index in [1.807, 2.05) is 13.8 Å². The van der Waals surface area contributed by atoms with Crippen LogP contribution in [-0.4, -0.2) is 81.5 Å². The normalized spacial score (nSPS) is 31.3. The molecule has 0 saturated carbocycles. The van der Waals surface area contributed by atoms with Gasteiger partial charge in [0, 0.05) is 6.42 Å². The monoisotopic (exact) mass is 367 g/mol. The molecule has 3 unspecified atom stereocenters. The molecule has 25 heavy (non-hydrogen) atoms. The molecule has 0 aromatic rings. The Labute approximate surface area is 148 Å². The van der Waals surface area contributed by atoms with Gasteiger partial charge in [-0.3, -0.25) is 0 Å². The lowest BCUT2D eigenvalue weighted by Gasteiger charge is -2.34. The highest BCUT2D eigenvalue weighted by molar-refractivity contribution is 4.85. The van der Waals surface area contributed by atoms with E-state index in [0.29, 0.717) is 6.54 Å². The summed E-state index contributed by atoms with van der Waals surface area (Å²) in [6.45, 7) is 1.97. The summed E-state index contributed by atoms with van der Waals surface area (Å²) < 4.78 is 16.1. The molecule has 0 aromatic carbocycles. The Morgan fingerprint density at radius 1 is 1.12 bits per heavy atom. The highest BCUT2D eigenvalue weighted by atomic mass is 16.7. The molecule has 9 heteroatoms. The van der Waals surface area contributed by atoms with Gasteiger partial charge in [0.15, 0.2) is 6.29 Å². The largest absolute Gasteiger partial charge is 0.390 e. The number of hydrogen-bond donors (Lipinski definition) is 6. The van der Waals surface area contributed by atoms with Crippen molar-refractivity contribution in [1.82, 2.24) is 0 Å². The zero-order chi connectivity index (χ0) is 19.0. The maximum absolute atomic E-state index is 10.2. The van der Waals surface area contributed by atoms with Crippen molar-refractivity contribution in [2.24, 2.45) is 5.73 Å². The van der Waals surface area contributed by atoms with Crippen molar-refractivity contribution < 1.29 is 39.7 Å². The standard InChI is InChI=1S/C16H33NO8/c1-16(2,6-4-3-5-7-17)25-14-11(19)8-10(18)13(20)12(24-14)9-23-15(21)22/h10-15,18-22H,3-9,17H2,1-2H3/t10?,11?,12?,13-,14-/m1/s1. The van der Waals surface area contributed by atoms with Crippen molar-refractivity contribution in [2.45, 2.75) is 88.7 Å². The number of nitrogens with two attached hydrogens (primary N) is 1. The first kappa shape index (κ1) is 22.7. The summed E-state index contributed by atoms with van der Waals surface area (Å²) in [4.78, 5) is 0. The molecule has 1 heterocycles. The van der Waals surface area contributed by atoms with Gasteiger partial charge in [-0.2, -0.15) is 0 Å². The van der Waals surface area contributed by atoms with Crippen LogP contribution < -0.4 is 5.73 Å². The minimum atomic E-state index is -2.03. The molecule has 1 aliphatic heterocycles. The van der Waals surface area contributed by atoms with Crippen molar-refractivity contribution in [2.75, 3.05) is 13.2 Å². The molecule has 1 fully saturated rings. The van der Waals surface area contributed by atoms with Crippen molar-refractivity contribution in [3.05, 3.63) is 0 Å². The van der Waals surface area contributed by atoms with Crippen LogP contribution >= 0.6 is 0 Å². The van der Waals surface area contributed by atoms with Crippen molar-refractivity contribution in [3.63, 3.8) is 0 Å². The molecule has 0 bridgehead atoms. The Bertz CT molecular complexity index is 368. The van der Waals surface area contributed by atoms with Gasteiger partial charge in [0.05, 0.1) is 18.3 Å². The quantitative estimate of drug-likeness (QED) is 0.206. The number of ether oxygens (including phenoxy) is 3. The molecule has 9 nitrogen and oxygen atoms in total. The van der Waals surface area contributed by atoms with Crippen LogP contribution in [0.1, 0.15) is 46.0 Å². The van der Waals surface area contributed by atoms with E-state index in [-0.39, 0.29) is 13.0 Å². The SMILES string of the molecule is CC(C)(CCCCCN)O[C@H]1OC(COC(O)O)[C@H](O)C(O)CC1O. The van der Waals surface area contributed by atoms with E-state index in [2.05, 4.69) is 4.74 Å². The van der Waals surface area contributed by atoms with Gasteiger partial charge in [0.25, 0.3) is 6.48 Å². The van der Waals surface area contributed by atoms with Crippen LogP contribution in [0.15, 0.2) is 0 Å². The number of aliphatic hydroxyl groups excluding tert-OH is 4. The fraction of sp³-hybridized carbons (Fsp3) is 1.00. The second-order valence-corrected chi connectivity index (χ2v) is 7.04. The van der Waals surface area contributed by atoms with Crippen molar-refractivity contribution in [1.29, 1.82) is 0 Å². The summed E-state index contributed by atoms with van der Waals surface area (Å²) >= 11 is 0. The Balaban J connectivity index is 2.67. The fourth-order valence-corrected chi connectivity index (χ4v) is 2.76. The minimum Gasteiger partial charge on any atom is -0.390 e. The first-order chi connectivity index (χ1) is 11.7. The van der Waals surface area contributed by atoms with E-state index in [1.54, 1.807) is 0 Å². The lowest BCUT2D eigenvalue weighted by molar-refractivity contribution is -0.288. The second-order valence-electron chi connectivity index (χ2n) is 7.04. The topological polar surface area (TPSA) is 155 Å². The Kier molecular flexibility index (Phi) is 9.71. The van der Waals surface area contributed by atoms with E-state index < -0.39 is 42.8 Å². The summed E-state index contributed by atoms with van der Waals surface area (Å²) in [5, 5.41) is 47.8. The minimum absolute atomic E-state index is 0.132. The third kappa shape index (κ3) is 8.25. The highest BCUT2D eigenvalue weighted by Gasteiger charge is 2.41. The summed E-state index contributed by atoms with van der Waals surface area (Å²) in [6, 6.07) is 0. The van der Waals surface area contributed by atoms with Gasteiger partial charge >= 0.3 is 0 Å². The molecule has 7 N–H and O–H groups in total. The zero-order valence-corrected chi connectivity index (χ0v) is 15.0. The average Bonchev–Trinajstić information content (AvgIpc) is 2.61. The summed E-state index contributed by atoms with van der Waals surface area (Å²) in [5.41, 5.74) is 4.88. The second kappa shape index (κ2) is 10.7. The van der Waals surface area contributed by atoms with Crippen LogP contribution in [0.5, 0.6) is 0 Å². The van der Waals surface area contributed by atoms with E-state index in [4.69, 9.17) is 25.4 Å². The molecule has 0 aromatic heterocycles. The molecule has 0 aliphatic carbocycles. The smallest absolute Gasteiger partial charge is 0.266 e. The average molecular weight is 367 g/mol. The van der Waals surface area contributed by atoms with Crippen LogP contribution in [-0.2, 0) is 14.2 Å². The maximum Gasteiger partial charge on any atom is 0.266 e. The summed E-state index contributed by atoms with van der Waals surface area (Å²) in [7, 11) is 0. The van der Waals surface area contributed by atoms with E-state index >= 15 is 0 Å². The lowest BCUT2D eigenvalue weighted by Crippen LogP contribution is -2.44. The van der Waals surface area contributed by atoms with Crippen LogP contribution in [0.3, 0.4) is 0 Å². The van der Waals surface area contributed by atoms with Gasteiger partial charge in [-0.15, -0.1) is 0 Å². The highest BCUT2D eigenvalue weighted by Crippen LogP contribution is 2.27. The van der Waals surface area contributed by atoms with Gasteiger partial charge < -0.3 is 45.5 Å². The Hall–Kier alpha value is -0.360. The number of rotatable bonds is 10. The number of aliphatic hydroxyl groups is 5. The third-order valence-electron chi connectivity index (χ3n) is 4.21. The molecule has 0 radical (unpaired) electrons. The summed E-state index contributed by atoms with van der Waals surface area (Å²) in [5.74, 6) is 0. The fourth-order valence-electron chi connectivity index (χ4n) is 2.76. The molecule has 5 atom stereocenters. The van der Waals surface area contributed by atoms with Gasteiger partial charge in [-0.05, 0) is 33.2 Å². The Morgan fingerprint density at radius 2 is 1.80 bits per heavy atom. The van der Waals surface area contributed by atoms with Crippen molar-refractivity contribution in [3.8, 4) is 0 Å². The molecular weight excluding hydrogens is 334 g/mol. The molecule has 1 saturated heterocycles. The molecule has 150 valence electrons.